The number of benzene rings is 1. The van der Waals surface area contributed by atoms with Crippen LogP contribution in [0.1, 0.15) is 59.0 Å². The fraction of sp³-hybridized carbons (Fsp3) is 0.318. The predicted octanol–water partition coefficient (Wildman–Crippen LogP) is 4.17. The Labute approximate surface area is 159 Å². The molecule has 0 bridgehead atoms. The van der Waals surface area contributed by atoms with Crippen molar-refractivity contribution < 1.29 is 4.79 Å². The second-order valence-corrected chi connectivity index (χ2v) is 7.07. The molecule has 1 amide bonds. The molecule has 5 heteroatoms. The van der Waals surface area contributed by atoms with Crippen molar-refractivity contribution in [3.8, 4) is 0 Å². The summed E-state index contributed by atoms with van der Waals surface area (Å²) in [7, 11) is 0. The van der Waals surface area contributed by atoms with E-state index in [4.69, 9.17) is 0 Å². The summed E-state index contributed by atoms with van der Waals surface area (Å²) in [5, 5.41) is 4.37. The van der Waals surface area contributed by atoms with Crippen molar-refractivity contribution in [2.24, 2.45) is 0 Å². The number of aromatic nitrogens is 3. The maximum absolute atomic E-state index is 13.2. The number of fused-ring (bicyclic) bond motifs is 2. The predicted molar refractivity (Wildman–Crippen MR) is 106 cm³/mol. The van der Waals surface area contributed by atoms with Crippen LogP contribution >= 0.6 is 0 Å². The first-order valence-corrected chi connectivity index (χ1v) is 9.46. The third-order valence-electron chi connectivity index (χ3n) is 5.46. The van der Waals surface area contributed by atoms with Crippen LogP contribution in [0, 0.1) is 0 Å². The Hall–Kier alpha value is -2.95. The molecule has 0 radical (unpaired) electrons. The third-order valence-corrected chi connectivity index (χ3v) is 5.46. The van der Waals surface area contributed by atoms with Crippen molar-refractivity contribution in [2.45, 2.75) is 38.1 Å². The van der Waals surface area contributed by atoms with Gasteiger partial charge in [0.15, 0.2) is 5.65 Å². The topological polar surface area (TPSA) is 50.5 Å². The highest BCUT2D eigenvalue weighted by molar-refractivity contribution is 5.93. The second-order valence-electron chi connectivity index (χ2n) is 7.07. The smallest absolute Gasteiger partial charge is 0.273 e. The first-order chi connectivity index (χ1) is 13.2. The lowest BCUT2D eigenvalue weighted by molar-refractivity contribution is 0.0671. The van der Waals surface area contributed by atoms with Crippen LogP contribution in [0.25, 0.3) is 5.65 Å². The molecule has 0 saturated heterocycles. The van der Waals surface area contributed by atoms with E-state index in [1.54, 1.807) is 6.20 Å². The van der Waals surface area contributed by atoms with Crippen LogP contribution in [0.4, 0.5) is 0 Å². The Kier molecular flexibility index (Phi) is 4.52. The van der Waals surface area contributed by atoms with E-state index >= 15 is 0 Å². The monoisotopic (exact) mass is 360 g/mol. The van der Waals surface area contributed by atoms with Gasteiger partial charge in [-0.2, -0.15) is 5.10 Å². The van der Waals surface area contributed by atoms with Crippen molar-refractivity contribution in [1.29, 1.82) is 0 Å². The van der Waals surface area contributed by atoms with Gasteiger partial charge in [-0.3, -0.25) is 4.79 Å². The van der Waals surface area contributed by atoms with Gasteiger partial charge < -0.3 is 4.90 Å². The van der Waals surface area contributed by atoms with Crippen molar-refractivity contribution >= 4 is 11.6 Å². The number of carbonyl (C=O) groups excluding carboxylic acids is 1. The zero-order valence-corrected chi connectivity index (χ0v) is 15.6. The van der Waals surface area contributed by atoms with Gasteiger partial charge in [0.1, 0.15) is 5.69 Å². The minimum Gasteiger partial charge on any atom is -0.330 e. The lowest BCUT2D eigenvalue weighted by atomic mass is 9.93. The zero-order chi connectivity index (χ0) is 19.0. The number of rotatable bonds is 2. The molecule has 0 spiro atoms. The lowest BCUT2D eigenvalue weighted by Crippen LogP contribution is -2.39. The Balaban J connectivity index is 0.000000872. The van der Waals surface area contributed by atoms with Crippen molar-refractivity contribution in [3.63, 3.8) is 0 Å². The summed E-state index contributed by atoms with van der Waals surface area (Å²) in [6, 6.07) is 12.3. The summed E-state index contributed by atoms with van der Waals surface area (Å²) in [6.45, 7) is 8.84. The molecule has 1 fully saturated rings. The molecule has 1 atom stereocenters. The first-order valence-electron chi connectivity index (χ1n) is 9.46. The summed E-state index contributed by atoms with van der Waals surface area (Å²) < 4.78 is 1.88. The molecule has 0 N–H and O–H groups in total. The third kappa shape index (κ3) is 3.03. The normalized spacial score (nSPS) is 18.6. The molecule has 3 heterocycles. The Morgan fingerprint density at radius 3 is 2.74 bits per heavy atom. The van der Waals surface area contributed by atoms with Gasteiger partial charge >= 0.3 is 0 Å². The summed E-state index contributed by atoms with van der Waals surface area (Å²) in [5.41, 5.74) is 5.01. The molecule has 138 valence electrons. The van der Waals surface area contributed by atoms with E-state index in [1.165, 1.54) is 24.0 Å². The standard InChI is InChI=1S/C20H20N4O.C2H4/c1-13-16-5-3-2-4-14(16)9-11-23(13)20(25)17-12-18(15-6-7-15)24-19(22-17)8-10-21-24;1-2/h2-5,8,10,12-13,15H,6-7,9,11H2,1H3;1-2H2/t13-;/m1./s1. The van der Waals surface area contributed by atoms with E-state index in [0.29, 0.717) is 11.6 Å². The average molecular weight is 360 g/mol. The molecule has 3 aromatic rings. The number of nitrogens with zero attached hydrogens (tertiary/aromatic N) is 4. The fourth-order valence-corrected chi connectivity index (χ4v) is 3.91. The largest absolute Gasteiger partial charge is 0.330 e. The van der Waals surface area contributed by atoms with E-state index in [9.17, 15) is 4.79 Å². The quantitative estimate of drug-likeness (QED) is 0.645. The zero-order valence-electron chi connectivity index (χ0n) is 15.6. The summed E-state index contributed by atoms with van der Waals surface area (Å²) in [5.74, 6) is 0.532. The summed E-state index contributed by atoms with van der Waals surface area (Å²) >= 11 is 0. The van der Waals surface area contributed by atoms with Gasteiger partial charge in [0.2, 0.25) is 0 Å². The molecule has 5 rings (SSSR count). The van der Waals surface area contributed by atoms with Gasteiger partial charge in [-0.25, -0.2) is 9.50 Å². The van der Waals surface area contributed by atoms with Crippen molar-refractivity contribution in [2.75, 3.05) is 6.54 Å². The van der Waals surface area contributed by atoms with Crippen LogP contribution in [-0.4, -0.2) is 31.9 Å². The highest BCUT2D eigenvalue weighted by Gasteiger charge is 2.32. The molecule has 27 heavy (non-hydrogen) atoms. The highest BCUT2D eigenvalue weighted by Crippen LogP contribution is 2.40. The fourth-order valence-electron chi connectivity index (χ4n) is 3.91. The van der Waals surface area contributed by atoms with E-state index in [1.807, 2.05) is 27.6 Å². The van der Waals surface area contributed by atoms with Gasteiger partial charge in [0, 0.05) is 24.2 Å². The van der Waals surface area contributed by atoms with Crippen LogP contribution in [0.15, 0.2) is 55.8 Å². The molecule has 2 aromatic heterocycles. The maximum atomic E-state index is 13.2. The Bertz CT molecular complexity index is 989. The molecule has 5 nitrogen and oxygen atoms in total. The SMILES string of the molecule is C=C.C[C@@H]1c2ccccc2CCN1C(=O)c1cc(C2CC2)n2nccc2n1. The van der Waals surface area contributed by atoms with Crippen LogP contribution in [0.5, 0.6) is 0 Å². The van der Waals surface area contributed by atoms with Gasteiger partial charge in [0.05, 0.1) is 12.2 Å². The molecule has 1 aliphatic carbocycles. The van der Waals surface area contributed by atoms with E-state index in [0.717, 1.165) is 24.3 Å². The van der Waals surface area contributed by atoms with E-state index < -0.39 is 0 Å². The van der Waals surface area contributed by atoms with Crippen LogP contribution in [0.2, 0.25) is 0 Å². The molecular weight excluding hydrogens is 336 g/mol. The van der Waals surface area contributed by atoms with Crippen molar-refractivity contribution in [1.82, 2.24) is 19.5 Å². The minimum absolute atomic E-state index is 0.0209. The molecule has 1 saturated carbocycles. The molecular formula is C22H24N4O. The lowest BCUT2D eigenvalue weighted by Gasteiger charge is -2.35. The highest BCUT2D eigenvalue weighted by atomic mass is 16.2. The molecule has 0 unspecified atom stereocenters. The van der Waals surface area contributed by atoms with Gasteiger partial charge in [-0.15, -0.1) is 13.2 Å². The van der Waals surface area contributed by atoms with Gasteiger partial charge in [-0.05, 0) is 43.4 Å². The molecule has 2 aliphatic rings. The number of hydrogen-bond donors (Lipinski definition) is 0. The first kappa shape index (κ1) is 17.5. The molecule has 1 aromatic carbocycles. The summed E-state index contributed by atoms with van der Waals surface area (Å²) in [4.78, 5) is 19.7. The number of hydrogen-bond acceptors (Lipinski definition) is 3. The average Bonchev–Trinajstić information content (AvgIpc) is 3.45. The second kappa shape index (κ2) is 6.99. The van der Waals surface area contributed by atoms with Crippen LogP contribution in [0.3, 0.4) is 0 Å². The Morgan fingerprint density at radius 1 is 1.19 bits per heavy atom. The number of carbonyl (C=O) groups is 1. The molecule has 1 aliphatic heterocycles. The van der Waals surface area contributed by atoms with E-state index in [2.05, 4.69) is 48.4 Å². The van der Waals surface area contributed by atoms with Gasteiger partial charge in [-0.1, -0.05) is 24.3 Å². The Morgan fingerprint density at radius 2 is 1.96 bits per heavy atom. The number of amides is 1. The van der Waals surface area contributed by atoms with E-state index in [-0.39, 0.29) is 11.9 Å². The van der Waals surface area contributed by atoms with Crippen molar-refractivity contribution in [3.05, 3.63) is 78.3 Å². The van der Waals surface area contributed by atoms with Gasteiger partial charge in [0.25, 0.3) is 5.91 Å². The maximum Gasteiger partial charge on any atom is 0.273 e. The van der Waals surface area contributed by atoms with Crippen LogP contribution in [-0.2, 0) is 6.42 Å². The van der Waals surface area contributed by atoms with Crippen LogP contribution < -0.4 is 0 Å². The minimum atomic E-state index is 0.0209. The summed E-state index contributed by atoms with van der Waals surface area (Å²) in [6.07, 6.45) is 4.99.